The van der Waals surface area contributed by atoms with Crippen LogP contribution in [0.25, 0.3) is 5.70 Å². The van der Waals surface area contributed by atoms with Gasteiger partial charge >= 0.3 is 0 Å². The smallest absolute Gasteiger partial charge is 0.251 e. The van der Waals surface area contributed by atoms with Gasteiger partial charge in [-0.2, -0.15) is 0 Å². The highest BCUT2D eigenvalue weighted by atomic mass is 35.5. The molecule has 1 N–H and O–H groups in total. The van der Waals surface area contributed by atoms with Crippen molar-refractivity contribution in [2.75, 3.05) is 19.6 Å². The molecule has 2 unspecified atom stereocenters. The second kappa shape index (κ2) is 6.93. The number of carbonyl (C=O) groups is 2. The number of piperazine rings is 1. The van der Waals surface area contributed by atoms with E-state index < -0.39 is 6.04 Å². The van der Waals surface area contributed by atoms with Crippen LogP contribution in [-0.2, 0) is 9.59 Å². The third kappa shape index (κ3) is 3.19. The summed E-state index contributed by atoms with van der Waals surface area (Å²) < 4.78 is 0. The molecule has 136 valence electrons. The molecule has 3 heterocycles. The van der Waals surface area contributed by atoms with Crippen LogP contribution in [-0.4, -0.2) is 59.7 Å². The molecule has 2 saturated heterocycles. The van der Waals surface area contributed by atoms with Crippen molar-refractivity contribution >= 4 is 47.1 Å². The minimum absolute atomic E-state index is 0.0423. The Labute approximate surface area is 161 Å². The molecule has 6 nitrogen and oxygen atoms in total. The van der Waals surface area contributed by atoms with E-state index >= 15 is 0 Å². The number of fused-ring (bicyclic) bond motifs is 1. The number of carbonyl (C=O) groups excluding carboxylic acids is 2. The fourth-order valence-corrected chi connectivity index (χ4v) is 3.96. The Kier molecular flexibility index (Phi) is 4.63. The van der Waals surface area contributed by atoms with E-state index in [2.05, 4.69) is 10.3 Å². The lowest BCUT2D eigenvalue weighted by Crippen LogP contribution is -2.55. The summed E-state index contributed by atoms with van der Waals surface area (Å²) in [4.78, 5) is 32.7. The van der Waals surface area contributed by atoms with Gasteiger partial charge in [0, 0.05) is 37.8 Å². The van der Waals surface area contributed by atoms with Gasteiger partial charge in [0.05, 0.1) is 16.4 Å². The molecule has 0 radical (unpaired) electrons. The minimum Gasteiger partial charge on any atom is -0.346 e. The zero-order valence-corrected chi connectivity index (χ0v) is 15.5. The van der Waals surface area contributed by atoms with Crippen LogP contribution in [0.5, 0.6) is 0 Å². The SMILES string of the molecule is O=C(C1C=C(c2ccc(Cl)c(Cl)c2)NC=N1)N1CCN2C(=O)CCC2C1. The van der Waals surface area contributed by atoms with Gasteiger partial charge in [-0.1, -0.05) is 29.3 Å². The van der Waals surface area contributed by atoms with E-state index in [4.69, 9.17) is 23.2 Å². The molecule has 2 amide bonds. The van der Waals surface area contributed by atoms with Crippen LogP contribution in [0.4, 0.5) is 0 Å². The van der Waals surface area contributed by atoms with Crippen molar-refractivity contribution in [3.05, 3.63) is 39.9 Å². The molecular weight excluding hydrogens is 375 g/mol. The monoisotopic (exact) mass is 392 g/mol. The minimum atomic E-state index is -0.579. The van der Waals surface area contributed by atoms with E-state index in [0.29, 0.717) is 36.1 Å². The van der Waals surface area contributed by atoms with Crippen molar-refractivity contribution in [1.82, 2.24) is 15.1 Å². The molecule has 2 fully saturated rings. The largest absolute Gasteiger partial charge is 0.346 e. The second-order valence-electron chi connectivity index (χ2n) is 6.64. The van der Waals surface area contributed by atoms with Gasteiger partial charge in [-0.15, -0.1) is 0 Å². The molecule has 1 aromatic carbocycles. The molecule has 2 atom stereocenters. The average Bonchev–Trinajstić information content (AvgIpc) is 3.04. The number of benzene rings is 1. The Morgan fingerprint density at radius 3 is 2.88 bits per heavy atom. The maximum Gasteiger partial charge on any atom is 0.251 e. The van der Waals surface area contributed by atoms with Crippen molar-refractivity contribution in [3.63, 3.8) is 0 Å². The third-order valence-electron chi connectivity index (χ3n) is 5.07. The van der Waals surface area contributed by atoms with Crippen LogP contribution in [0, 0.1) is 0 Å². The van der Waals surface area contributed by atoms with Gasteiger partial charge in [0.15, 0.2) is 6.04 Å². The molecule has 1 aromatic rings. The summed E-state index contributed by atoms with van der Waals surface area (Å²) in [7, 11) is 0. The third-order valence-corrected chi connectivity index (χ3v) is 5.81. The molecule has 3 aliphatic heterocycles. The van der Waals surface area contributed by atoms with Crippen LogP contribution in [0.3, 0.4) is 0 Å². The normalized spacial score (nSPS) is 25.0. The maximum absolute atomic E-state index is 12.9. The molecule has 26 heavy (non-hydrogen) atoms. The lowest BCUT2D eigenvalue weighted by Gasteiger charge is -2.38. The van der Waals surface area contributed by atoms with Crippen LogP contribution in [0.2, 0.25) is 10.0 Å². The summed E-state index contributed by atoms with van der Waals surface area (Å²) in [5, 5.41) is 4.00. The molecule has 0 aliphatic carbocycles. The highest BCUT2D eigenvalue weighted by molar-refractivity contribution is 6.42. The first-order valence-corrected chi connectivity index (χ1v) is 9.32. The van der Waals surface area contributed by atoms with Crippen molar-refractivity contribution in [3.8, 4) is 0 Å². The first-order chi connectivity index (χ1) is 12.5. The summed E-state index contributed by atoms with van der Waals surface area (Å²) in [6, 6.07) is 4.89. The van der Waals surface area contributed by atoms with E-state index in [-0.39, 0.29) is 17.9 Å². The van der Waals surface area contributed by atoms with Crippen molar-refractivity contribution in [1.29, 1.82) is 0 Å². The first-order valence-electron chi connectivity index (χ1n) is 8.56. The van der Waals surface area contributed by atoms with E-state index in [0.717, 1.165) is 17.7 Å². The topological polar surface area (TPSA) is 65.0 Å². The molecule has 8 heteroatoms. The van der Waals surface area contributed by atoms with Crippen LogP contribution >= 0.6 is 23.2 Å². The zero-order chi connectivity index (χ0) is 18.3. The van der Waals surface area contributed by atoms with E-state index in [9.17, 15) is 9.59 Å². The lowest BCUT2D eigenvalue weighted by atomic mass is 10.1. The number of hydrogen-bond donors (Lipinski definition) is 1. The Bertz CT molecular complexity index is 823. The quantitative estimate of drug-likeness (QED) is 0.838. The summed E-state index contributed by atoms with van der Waals surface area (Å²) in [5.41, 5.74) is 1.61. The van der Waals surface area contributed by atoms with E-state index in [1.54, 1.807) is 18.2 Å². The summed E-state index contributed by atoms with van der Waals surface area (Å²) in [5.74, 6) is 0.156. The molecule has 3 aliphatic rings. The molecule has 0 saturated carbocycles. The van der Waals surface area contributed by atoms with Crippen molar-refractivity contribution in [2.45, 2.75) is 24.9 Å². The van der Waals surface area contributed by atoms with Gasteiger partial charge in [-0.25, -0.2) is 0 Å². The number of amides is 2. The molecule has 4 rings (SSSR count). The van der Waals surface area contributed by atoms with Gasteiger partial charge in [0.1, 0.15) is 0 Å². The first kappa shape index (κ1) is 17.4. The Morgan fingerprint density at radius 1 is 1.23 bits per heavy atom. The fourth-order valence-electron chi connectivity index (χ4n) is 3.67. The van der Waals surface area contributed by atoms with Crippen LogP contribution in [0.1, 0.15) is 18.4 Å². The van der Waals surface area contributed by atoms with Gasteiger partial charge < -0.3 is 15.1 Å². The number of halogens is 2. The van der Waals surface area contributed by atoms with Crippen LogP contribution < -0.4 is 5.32 Å². The lowest BCUT2D eigenvalue weighted by molar-refractivity contribution is -0.139. The number of rotatable bonds is 2. The van der Waals surface area contributed by atoms with E-state index in [1.807, 2.05) is 15.9 Å². The average molecular weight is 393 g/mol. The van der Waals surface area contributed by atoms with Gasteiger partial charge in [-0.05, 0) is 30.2 Å². The summed E-state index contributed by atoms with van der Waals surface area (Å²) in [6.07, 6.45) is 4.74. The van der Waals surface area contributed by atoms with Crippen molar-refractivity contribution < 1.29 is 9.59 Å². The summed E-state index contributed by atoms with van der Waals surface area (Å²) in [6.45, 7) is 1.74. The number of aliphatic imine (C=N–C) groups is 1. The van der Waals surface area contributed by atoms with Crippen molar-refractivity contribution in [2.24, 2.45) is 4.99 Å². The zero-order valence-electron chi connectivity index (χ0n) is 14.0. The predicted molar refractivity (Wildman–Crippen MR) is 101 cm³/mol. The van der Waals surface area contributed by atoms with Gasteiger partial charge in [0.2, 0.25) is 5.91 Å². The van der Waals surface area contributed by atoms with Crippen LogP contribution in [0.15, 0.2) is 29.3 Å². The van der Waals surface area contributed by atoms with E-state index in [1.165, 1.54) is 6.34 Å². The standard InChI is InChI=1S/C18H18Cl2N4O2/c19-13-3-1-11(7-14(13)20)15-8-16(22-10-21-15)18(26)23-5-6-24-12(9-23)2-4-17(24)25/h1,3,7-8,10,12,16H,2,4-6,9H2,(H,21,22). The number of nitrogens with zero attached hydrogens (tertiary/aromatic N) is 3. The van der Waals surface area contributed by atoms with Gasteiger partial charge in [0.25, 0.3) is 5.91 Å². The molecular formula is C18H18Cl2N4O2. The second-order valence-corrected chi connectivity index (χ2v) is 7.45. The highest BCUT2D eigenvalue weighted by Gasteiger charge is 2.38. The maximum atomic E-state index is 12.9. The highest BCUT2D eigenvalue weighted by Crippen LogP contribution is 2.27. The summed E-state index contributed by atoms with van der Waals surface area (Å²) >= 11 is 12.1. The fraction of sp³-hybridized carbons (Fsp3) is 0.389. The molecule has 0 spiro atoms. The molecule has 0 bridgehead atoms. The molecule has 0 aromatic heterocycles. The Balaban J connectivity index is 1.50. The number of nitrogens with one attached hydrogen (secondary N) is 1. The Hall–Kier alpha value is -2.05. The number of hydrogen-bond acceptors (Lipinski definition) is 4. The Morgan fingerprint density at radius 2 is 2.08 bits per heavy atom. The van der Waals surface area contributed by atoms with Gasteiger partial charge in [-0.3, -0.25) is 14.6 Å². The predicted octanol–water partition coefficient (Wildman–Crippen LogP) is 2.17.